The van der Waals surface area contributed by atoms with Gasteiger partial charge in [-0.25, -0.2) is 13.6 Å². The molecule has 0 spiro atoms. The number of fused-ring (bicyclic) bond motifs is 1. The molecule has 4 rings (SSSR count). The van der Waals surface area contributed by atoms with Gasteiger partial charge in [0, 0.05) is 35.1 Å². The highest BCUT2D eigenvalue weighted by Gasteiger charge is 2.46. The first-order chi connectivity index (χ1) is 17.8. The third kappa shape index (κ3) is 6.75. The van der Waals surface area contributed by atoms with Crippen molar-refractivity contribution in [1.29, 1.82) is 0 Å². The maximum atomic E-state index is 13.8. The fourth-order valence-corrected chi connectivity index (χ4v) is 5.30. The summed E-state index contributed by atoms with van der Waals surface area (Å²) in [5, 5.41) is 5.32. The number of hydrogen-bond donors (Lipinski definition) is 2. The molecule has 0 saturated heterocycles. The van der Waals surface area contributed by atoms with Crippen molar-refractivity contribution in [3.63, 3.8) is 0 Å². The monoisotopic (exact) mass is 547 g/mol. The van der Waals surface area contributed by atoms with Crippen LogP contribution in [0.1, 0.15) is 49.5 Å². The van der Waals surface area contributed by atoms with Gasteiger partial charge in [0.2, 0.25) is 0 Å². The Morgan fingerprint density at radius 1 is 1.13 bits per heavy atom. The Bertz CT molecular complexity index is 1230. The van der Waals surface area contributed by atoms with Crippen LogP contribution in [0.2, 0.25) is 0 Å². The minimum Gasteiger partial charge on any atom is -0.497 e. The van der Waals surface area contributed by atoms with Crippen molar-refractivity contribution < 1.29 is 32.6 Å². The van der Waals surface area contributed by atoms with Crippen molar-refractivity contribution >= 4 is 35.4 Å². The molecule has 8 nitrogen and oxygen atoms in total. The van der Waals surface area contributed by atoms with E-state index < -0.39 is 48.4 Å². The first-order valence-corrected chi connectivity index (χ1v) is 13.2. The fraction of sp³-hybridized carbons (Fsp3) is 0.444. The number of methoxy groups -OCH3 is 1. The van der Waals surface area contributed by atoms with Gasteiger partial charge >= 0.3 is 6.09 Å². The van der Waals surface area contributed by atoms with Crippen molar-refractivity contribution in [2.75, 3.05) is 17.8 Å². The Labute approximate surface area is 224 Å². The number of alkyl halides is 2. The molecule has 0 radical (unpaired) electrons. The lowest BCUT2D eigenvalue weighted by Crippen LogP contribution is -2.50. The van der Waals surface area contributed by atoms with Crippen LogP contribution in [-0.4, -0.2) is 54.4 Å². The number of amides is 3. The number of anilines is 1. The molecule has 1 aliphatic heterocycles. The van der Waals surface area contributed by atoms with Crippen LogP contribution in [0.3, 0.4) is 0 Å². The highest BCUT2D eigenvalue weighted by molar-refractivity contribution is 7.99. The second-order valence-corrected chi connectivity index (χ2v) is 11.5. The summed E-state index contributed by atoms with van der Waals surface area (Å²) in [6.07, 6.45) is -1.49. The third-order valence-corrected chi connectivity index (χ3v) is 7.23. The number of ether oxygens (including phenoxy) is 2. The molecule has 1 fully saturated rings. The van der Waals surface area contributed by atoms with Crippen molar-refractivity contribution in [1.82, 2.24) is 10.6 Å². The number of rotatable bonds is 6. The number of alkyl carbamates (subject to hydrolysis) is 1. The van der Waals surface area contributed by atoms with Crippen molar-refractivity contribution in [2.45, 2.75) is 68.7 Å². The lowest BCUT2D eigenvalue weighted by molar-refractivity contribution is -0.120. The van der Waals surface area contributed by atoms with Gasteiger partial charge < -0.3 is 25.0 Å². The van der Waals surface area contributed by atoms with E-state index in [1.54, 1.807) is 64.3 Å². The molecule has 2 aliphatic rings. The zero-order valence-electron chi connectivity index (χ0n) is 21.7. The number of nitrogens with zero attached hydrogens (tertiary/aromatic N) is 1. The predicted octanol–water partition coefficient (Wildman–Crippen LogP) is 4.75. The summed E-state index contributed by atoms with van der Waals surface area (Å²) in [5.74, 6) is -2.74. The molecule has 1 saturated carbocycles. The van der Waals surface area contributed by atoms with E-state index in [1.165, 1.54) is 16.7 Å². The van der Waals surface area contributed by atoms with Crippen LogP contribution in [0.4, 0.5) is 19.3 Å². The van der Waals surface area contributed by atoms with E-state index in [0.29, 0.717) is 11.4 Å². The molecule has 1 atom stereocenters. The first kappa shape index (κ1) is 27.7. The number of carbonyl (C=O) groups excluding carboxylic acids is 3. The molecule has 3 amide bonds. The average Bonchev–Trinajstić information content (AvgIpc) is 2.93. The molecule has 0 bridgehead atoms. The van der Waals surface area contributed by atoms with Crippen LogP contribution < -0.4 is 20.3 Å². The Morgan fingerprint density at radius 2 is 1.87 bits per heavy atom. The minimum absolute atomic E-state index is 0.149. The smallest absolute Gasteiger partial charge is 0.408 e. The molecule has 0 aromatic heterocycles. The quantitative estimate of drug-likeness (QED) is 0.542. The van der Waals surface area contributed by atoms with Gasteiger partial charge in [0.05, 0.1) is 19.3 Å². The summed E-state index contributed by atoms with van der Waals surface area (Å²) < 4.78 is 37.1. The van der Waals surface area contributed by atoms with Crippen molar-refractivity contribution in [3.8, 4) is 5.75 Å². The van der Waals surface area contributed by atoms with E-state index in [1.807, 2.05) is 6.07 Å². The Balaban J connectivity index is 1.63. The van der Waals surface area contributed by atoms with Crippen LogP contribution in [0, 0.1) is 0 Å². The third-order valence-electron chi connectivity index (χ3n) is 6.07. The summed E-state index contributed by atoms with van der Waals surface area (Å²) in [4.78, 5) is 41.4. The van der Waals surface area contributed by atoms with Crippen molar-refractivity contribution in [2.24, 2.45) is 0 Å². The van der Waals surface area contributed by atoms with E-state index in [0.717, 1.165) is 10.5 Å². The zero-order valence-corrected chi connectivity index (χ0v) is 22.5. The number of halogens is 2. The summed E-state index contributed by atoms with van der Waals surface area (Å²) in [6.45, 7) is 5.35. The van der Waals surface area contributed by atoms with Gasteiger partial charge in [0.25, 0.3) is 17.7 Å². The minimum atomic E-state index is -2.75. The summed E-state index contributed by atoms with van der Waals surface area (Å²) in [6, 6.07) is 10.7. The highest BCUT2D eigenvalue weighted by atomic mass is 32.2. The molecular weight excluding hydrogens is 516 g/mol. The Morgan fingerprint density at radius 3 is 2.53 bits per heavy atom. The van der Waals surface area contributed by atoms with Gasteiger partial charge in [-0.15, -0.1) is 11.8 Å². The molecule has 0 unspecified atom stereocenters. The van der Waals surface area contributed by atoms with Gasteiger partial charge in [-0.05, 0) is 56.7 Å². The summed E-state index contributed by atoms with van der Waals surface area (Å²) >= 11 is 1.36. The van der Waals surface area contributed by atoms with E-state index in [2.05, 4.69) is 10.6 Å². The number of carbonyl (C=O) groups is 3. The number of benzene rings is 2. The predicted molar refractivity (Wildman–Crippen MR) is 140 cm³/mol. The lowest BCUT2D eigenvalue weighted by atomic mass is 9.88. The normalized spacial score (nSPS) is 19.1. The van der Waals surface area contributed by atoms with Gasteiger partial charge in [-0.3, -0.25) is 9.59 Å². The van der Waals surface area contributed by atoms with E-state index in [-0.39, 0.29) is 23.8 Å². The van der Waals surface area contributed by atoms with Gasteiger partial charge in [-0.1, -0.05) is 12.1 Å². The van der Waals surface area contributed by atoms with Crippen LogP contribution in [-0.2, 0) is 16.1 Å². The molecule has 204 valence electrons. The first-order valence-electron chi connectivity index (χ1n) is 12.2. The molecule has 11 heteroatoms. The highest BCUT2D eigenvalue weighted by Crippen LogP contribution is 2.39. The van der Waals surface area contributed by atoms with E-state index in [4.69, 9.17) is 9.47 Å². The molecule has 2 N–H and O–H groups in total. The SMILES string of the molecule is COc1cccc(CN2C(=O)[C@@H](NC(=O)OC(C)(C)C)CSc3ccc(C(=O)NC4CC(F)(F)C4)cc32)c1. The number of hydrogen-bond acceptors (Lipinski definition) is 6. The average molecular weight is 548 g/mol. The second kappa shape index (κ2) is 10.8. The topological polar surface area (TPSA) is 97.0 Å². The largest absolute Gasteiger partial charge is 0.497 e. The van der Waals surface area contributed by atoms with Gasteiger partial charge in [-0.2, -0.15) is 0 Å². The molecule has 1 aliphatic carbocycles. The zero-order chi connectivity index (χ0) is 27.7. The Kier molecular flexibility index (Phi) is 7.87. The molecule has 1 heterocycles. The summed E-state index contributed by atoms with van der Waals surface area (Å²) in [5.41, 5.74) is 0.781. The Hall–Kier alpha value is -3.34. The standard InChI is InChI=1S/C27H31F2N3O5S/c1-26(2,3)37-25(35)31-20-15-38-22-9-8-17(23(33)30-18-12-27(28,29)13-18)11-21(22)32(24(20)34)14-16-6-5-7-19(10-16)36-4/h5-11,18,20H,12-15H2,1-4H3,(H,30,33)(H,31,35)/t20-/m0/s1. The molecule has 2 aromatic rings. The lowest BCUT2D eigenvalue weighted by Gasteiger charge is -2.35. The number of thioether (sulfide) groups is 1. The van der Waals surface area contributed by atoms with Gasteiger partial charge in [0.15, 0.2) is 0 Å². The maximum Gasteiger partial charge on any atom is 0.408 e. The number of nitrogens with one attached hydrogen (secondary N) is 2. The second-order valence-electron chi connectivity index (χ2n) is 10.4. The summed E-state index contributed by atoms with van der Waals surface area (Å²) in [7, 11) is 1.55. The van der Waals surface area contributed by atoms with E-state index in [9.17, 15) is 23.2 Å². The van der Waals surface area contributed by atoms with Gasteiger partial charge in [0.1, 0.15) is 17.4 Å². The molecule has 38 heavy (non-hydrogen) atoms. The fourth-order valence-electron chi connectivity index (χ4n) is 4.24. The molecule has 2 aromatic carbocycles. The van der Waals surface area contributed by atoms with Crippen molar-refractivity contribution in [3.05, 3.63) is 53.6 Å². The maximum absolute atomic E-state index is 13.8. The van der Waals surface area contributed by atoms with Crippen LogP contribution >= 0.6 is 11.8 Å². The van der Waals surface area contributed by atoms with Crippen LogP contribution in [0.25, 0.3) is 0 Å². The molecular formula is C27H31F2N3O5S. The van der Waals surface area contributed by atoms with Crippen LogP contribution in [0.5, 0.6) is 5.75 Å². The van der Waals surface area contributed by atoms with Crippen LogP contribution in [0.15, 0.2) is 47.4 Å². The van der Waals surface area contributed by atoms with E-state index >= 15 is 0 Å².